The van der Waals surface area contributed by atoms with Gasteiger partial charge in [0.2, 0.25) is 10.5 Å². The molecule has 0 fully saturated rings. The molecule has 4 aromatic carbocycles. The second kappa shape index (κ2) is 12.7. The predicted octanol–water partition coefficient (Wildman–Crippen LogP) is 8.35. The minimum Gasteiger partial charge on any atom is -0.281 e. The third-order valence-electron chi connectivity index (χ3n) is 6.64. The number of carbonyl (C=O) groups is 2. The maximum absolute atomic E-state index is 12.4. The summed E-state index contributed by atoms with van der Waals surface area (Å²) in [6.45, 7) is 0. The highest BCUT2D eigenvalue weighted by Crippen LogP contribution is 2.31. The Hall–Kier alpha value is -3.20. The summed E-state index contributed by atoms with van der Waals surface area (Å²) in [5.74, 6) is -0.807. The van der Waals surface area contributed by atoms with Crippen LogP contribution >= 0.6 is 23.2 Å². The second-order valence-electron chi connectivity index (χ2n) is 9.03. The molecule has 0 heterocycles. The quantitative estimate of drug-likeness (QED) is 0.188. The van der Waals surface area contributed by atoms with E-state index >= 15 is 0 Å². The summed E-state index contributed by atoms with van der Waals surface area (Å²) in [6, 6.07) is 36.3. The van der Waals surface area contributed by atoms with Crippen molar-refractivity contribution in [3.63, 3.8) is 0 Å². The van der Waals surface area contributed by atoms with Crippen molar-refractivity contribution in [1.82, 2.24) is 0 Å². The molecular formula is C32H28Cl2O2. The molecule has 36 heavy (non-hydrogen) atoms. The van der Waals surface area contributed by atoms with Gasteiger partial charge in [0.05, 0.1) is 0 Å². The van der Waals surface area contributed by atoms with Gasteiger partial charge in [0.1, 0.15) is 0 Å². The lowest BCUT2D eigenvalue weighted by molar-refractivity contribution is -0.117. The standard InChI is InChI=1S/C32H28Cl2O2/c33-31(35)27(21-25-15-7-9-17-29(25)23-11-3-1-4-12-23)19-20-28(32(34)36)22-26-16-8-10-18-30(26)24-13-5-2-6-14-24/h1-18,27-28H,19-22H2. The molecule has 0 aliphatic carbocycles. The molecule has 0 spiro atoms. The van der Waals surface area contributed by atoms with Gasteiger partial charge in [0.15, 0.2) is 0 Å². The van der Waals surface area contributed by atoms with E-state index in [1.54, 1.807) is 0 Å². The smallest absolute Gasteiger partial charge is 0.225 e. The van der Waals surface area contributed by atoms with Crippen molar-refractivity contribution in [3.05, 3.63) is 120 Å². The summed E-state index contributed by atoms with van der Waals surface area (Å²) in [4.78, 5) is 24.8. The van der Waals surface area contributed by atoms with Crippen molar-refractivity contribution >= 4 is 33.7 Å². The molecule has 2 unspecified atom stereocenters. The van der Waals surface area contributed by atoms with Crippen molar-refractivity contribution in [3.8, 4) is 22.3 Å². The summed E-state index contributed by atoms with van der Waals surface area (Å²) in [6.07, 6.45) is 2.00. The van der Waals surface area contributed by atoms with Crippen LogP contribution in [0.25, 0.3) is 22.3 Å². The van der Waals surface area contributed by atoms with Crippen LogP contribution in [0.3, 0.4) is 0 Å². The maximum atomic E-state index is 12.4. The van der Waals surface area contributed by atoms with E-state index in [0.717, 1.165) is 33.4 Å². The lowest BCUT2D eigenvalue weighted by Crippen LogP contribution is -2.18. The predicted molar refractivity (Wildman–Crippen MR) is 149 cm³/mol. The molecule has 0 aliphatic rings. The van der Waals surface area contributed by atoms with Crippen molar-refractivity contribution in [2.24, 2.45) is 11.8 Å². The van der Waals surface area contributed by atoms with Gasteiger partial charge in [-0.05, 0) is 82.3 Å². The largest absolute Gasteiger partial charge is 0.281 e. The first-order valence-electron chi connectivity index (χ1n) is 12.2. The van der Waals surface area contributed by atoms with Crippen molar-refractivity contribution in [2.45, 2.75) is 25.7 Å². The van der Waals surface area contributed by atoms with Crippen molar-refractivity contribution in [1.29, 1.82) is 0 Å². The number of hydrogen-bond acceptors (Lipinski definition) is 2. The Kier molecular flexibility index (Phi) is 9.11. The Labute approximate surface area is 222 Å². The Morgan fingerprint density at radius 3 is 1.19 bits per heavy atom. The topological polar surface area (TPSA) is 34.1 Å². The number of halogens is 2. The second-order valence-corrected chi connectivity index (χ2v) is 9.78. The molecule has 0 N–H and O–H groups in total. The highest BCUT2D eigenvalue weighted by atomic mass is 35.5. The van der Waals surface area contributed by atoms with Crippen LogP contribution in [0.1, 0.15) is 24.0 Å². The van der Waals surface area contributed by atoms with E-state index < -0.39 is 11.8 Å². The Balaban J connectivity index is 1.51. The molecular weight excluding hydrogens is 487 g/mol. The summed E-state index contributed by atoms with van der Waals surface area (Å²) in [5.41, 5.74) is 6.49. The number of hydrogen-bond donors (Lipinski definition) is 0. The van der Waals surface area contributed by atoms with Crippen LogP contribution in [0, 0.1) is 11.8 Å². The van der Waals surface area contributed by atoms with Gasteiger partial charge in [-0.15, -0.1) is 0 Å². The summed E-state index contributed by atoms with van der Waals surface area (Å²) in [7, 11) is 0. The first-order chi connectivity index (χ1) is 17.5. The van der Waals surface area contributed by atoms with E-state index in [1.165, 1.54) is 0 Å². The summed E-state index contributed by atoms with van der Waals surface area (Å²) >= 11 is 12.1. The van der Waals surface area contributed by atoms with E-state index in [0.29, 0.717) is 25.7 Å². The first kappa shape index (κ1) is 25.9. The minimum atomic E-state index is -0.403. The molecule has 4 aromatic rings. The SMILES string of the molecule is O=C(Cl)C(CCC(Cc1ccccc1-c1ccccc1)C(=O)Cl)Cc1ccccc1-c1ccccc1. The van der Waals surface area contributed by atoms with Gasteiger partial charge in [-0.3, -0.25) is 9.59 Å². The van der Waals surface area contributed by atoms with Crippen molar-refractivity contribution < 1.29 is 9.59 Å². The van der Waals surface area contributed by atoms with E-state index in [-0.39, 0.29) is 10.5 Å². The van der Waals surface area contributed by atoms with Crippen LogP contribution in [0.15, 0.2) is 109 Å². The zero-order valence-electron chi connectivity index (χ0n) is 19.9. The number of benzene rings is 4. The molecule has 0 aliphatic heterocycles. The zero-order valence-corrected chi connectivity index (χ0v) is 21.5. The number of rotatable bonds is 11. The fourth-order valence-corrected chi connectivity index (χ4v) is 5.09. The highest BCUT2D eigenvalue weighted by Gasteiger charge is 2.24. The van der Waals surface area contributed by atoms with Gasteiger partial charge in [0, 0.05) is 11.8 Å². The van der Waals surface area contributed by atoms with Gasteiger partial charge >= 0.3 is 0 Å². The zero-order chi connectivity index (χ0) is 25.3. The Morgan fingerprint density at radius 1 is 0.500 bits per heavy atom. The molecule has 0 bridgehead atoms. The Morgan fingerprint density at radius 2 is 0.833 bits per heavy atom. The molecule has 2 nitrogen and oxygen atoms in total. The van der Waals surface area contributed by atoms with Gasteiger partial charge in [-0.1, -0.05) is 109 Å². The summed E-state index contributed by atoms with van der Waals surface area (Å²) < 4.78 is 0. The van der Waals surface area contributed by atoms with E-state index in [1.807, 2.05) is 72.8 Å². The minimum absolute atomic E-state index is 0.386. The molecule has 4 rings (SSSR count). The van der Waals surface area contributed by atoms with Crippen LogP contribution in [0.4, 0.5) is 0 Å². The highest BCUT2D eigenvalue weighted by molar-refractivity contribution is 6.64. The van der Waals surface area contributed by atoms with Crippen LogP contribution in [0.2, 0.25) is 0 Å². The van der Waals surface area contributed by atoms with Crippen molar-refractivity contribution in [2.75, 3.05) is 0 Å². The normalized spacial score (nSPS) is 12.6. The molecule has 2 atom stereocenters. The molecule has 0 amide bonds. The lowest BCUT2D eigenvalue weighted by Gasteiger charge is -2.19. The first-order valence-corrected chi connectivity index (χ1v) is 12.9. The van der Waals surface area contributed by atoms with E-state index in [4.69, 9.17) is 23.2 Å². The van der Waals surface area contributed by atoms with Crippen LogP contribution in [-0.2, 0) is 22.4 Å². The van der Waals surface area contributed by atoms with Gasteiger partial charge in [0.25, 0.3) is 0 Å². The molecule has 0 radical (unpaired) electrons. The third-order valence-corrected chi connectivity index (χ3v) is 7.26. The van der Waals surface area contributed by atoms with Gasteiger partial charge in [-0.25, -0.2) is 0 Å². The third kappa shape index (κ3) is 6.72. The fraction of sp³-hybridized carbons (Fsp3) is 0.188. The average Bonchev–Trinajstić information content (AvgIpc) is 2.91. The van der Waals surface area contributed by atoms with Crippen LogP contribution in [0.5, 0.6) is 0 Å². The molecule has 0 saturated carbocycles. The van der Waals surface area contributed by atoms with Crippen LogP contribution < -0.4 is 0 Å². The molecule has 0 aromatic heterocycles. The van der Waals surface area contributed by atoms with Gasteiger partial charge in [-0.2, -0.15) is 0 Å². The van der Waals surface area contributed by atoms with Gasteiger partial charge < -0.3 is 0 Å². The molecule has 0 saturated heterocycles. The molecule has 182 valence electrons. The monoisotopic (exact) mass is 514 g/mol. The maximum Gasteiger partial charge on any atom is 0.225 e. The average molecular weight is 515 g/mol. The lowest BCUT2D eigenvalue weighted by atomic mass is 9.86. The number of carbonyl (C=O) groups excluding carboxylic acids is 2. The van der Waals surface area contributed by atoms with E-state index in [2.05, 4.69) is 36.4 Å². The van der Waals surface area contributed by atoms with Crippen LogP contribution in [-0.4, -0.2) is 10.5 Å². The summed E-state index contributed by atoms with van der Waals surface area (Å²) in [5, 5.41) is -0.772. The fourth-order valence-electron chi connectivity index (χ4n) is 4.72. The Bertz CT molecular complexity index is 1200. The van der Waals surface area contributed by atoms with E-state index in [9.17, 15) is 9.59 Å². The molecule has 4 heteroatoms.